The van der Waals surface area contributed by atoms with E-state index < -0.39 is 65.3 Å². The van der Waals surface area contributed by atoms with E-state index in [9.17, 15) is 46.0 Å². The molecular formula is C51H94O12. The second-order valence-electron chi connectivity index (χ2n) is 21.8. The summed E-state index contributed by atoms with van der Waals surface area (Å²) in [6.45, 7) is 19.4. The van der Waals surface area contributed by atoms with Crippen LogP contribution in [0.25, 0.3) is 0 Å². The summed E-state index contributed by atoms with van der Waals surface area (Å²) < 4.78 is 16.6. The first-order chi connectivity index (χ1) is 29.1. The van der Waals surface area contributed by atoms with Crippen LogP contribution in [0.1, 0.15) is 204 Å². The normalized spacial score (nSPS) is 28.1. The molecule has 2 saturated heterocycles. The second-order valence-corrected chi connectivity index (χ2v) is 21.8. The van der Waals surface area contributed by atoms with Gasteiger partial charge in [-0.05, 0) is 204 Å². The molecule has 0 aromatic carbocycles. The molecule has 0 bridgehead atoms. The average Bonchev–Trinajstić information content (AvgIpc) is 3.78. The Morgan fingerprint density at radius 3 is 1.30 bits per heavy atom. The minimum atomic E-state index is -1.45. The first kappa shape index (κ1) is 57.9. The molecule has 0 radical (unpaired) electrons. The van der Waals surface area contributed by atoms with E-state index in [4.69, 9.17) is 14.2 Å². The molecule has 2 heterocycles. The average molecular weight is 899 g/mol. The van der Waals surface area contributed by atoms with Gasteiger partial charge in [0, 0.05) is 0 Å². The topological polar surface area (TPSA) is 213 Å². The van der Waals surface area contributed by atoms with Crippen LogP contribution in [0.3, 0.4) is 0 Å². The number of rotatable bonds is 33. The number of aliphatic hydroxyl groups excluding tert-OH is 4. The maximum Gasteiger partial charge on any atom is 0.187 e. The number of aliphatic hydroxyl groups is 9. The molecule has 0 aromatic rings. The fourth-order valence-corrected chi connectivity index (χ4v) is 8.84. The quantitative estimate of drug-likeness (QED) is 0.0228. The minimum absolute atomic E-state index is 0.0686. The largest absolute Gasteiger partial charge is 0.394 e. The van der Waals surface area contributed by atoms with Crippen LogP contribution in [0.15, 0.2) is 34.9 Å². The van der Waals surface area contributed by atoms with Crippen LogP contribution in [-0.4, -0.2) is 130 Å². The summed E-state index contributed by atoms with van der Waals surface area (Å²) in [6, 6.07) is 0. The summed E-state index contributed by atoms with van der Waals surface area (Å²) in [4.78, 5) is 0. The van der Waals surface area contributed by atoms with Crippen molar-refractivity contribution < 1.29 is 60.2 Å². The molecule has 0 spiro atoms. The summed E-state index contributed by atoms with van der Waals surface area (Å²) in [6.07, 6.45) is 15.6. The van der Waals surface area contributed by atoms with Gasteiger partial charge in [0.2, 0.25) is 0 Å². The van der Waals surface area contributed by atoms with Gasteiger partial charge in [0.1, 0.15) is 24.4 Å². The van der Waals surface area contributed by atoms with Gasteiger partial charge < -0.3 is 60.2 Å². The molecule has 0 amide bonds. The van der Waals surface area contributed by atoms with Gasteiger partial charge in [0.15, 0.2) is 6.29 Å². The van der Waals surface area contributed by atoms with E-state index in [2.05, 4.69) is 39.8 Å². The lowest BCUT2D eigenvalue weighted by atomic mass is 9.84. The van der Waals surface area contributed by atoms with Gasteiger partial charge >= 0.3 is 0 Å². The summed E-state index contributed by atoms with van der Waals surface area (Å²) in [7, 11) is 0. The number of epoxide rings is 1. The highest BCUT2D eigenvalue weighted by Crippen LogP contribution is 2.40. The van der Waals surface area contributed by atoms with Crippen LogP contribution in [0.2, 0.25) is 0 Å². The predicted molar refractivity (Wildman–Crippen MR) is 250 cm³/mol. The molecule has 11 atom stereocenters. The van der Waals surface area contributed by atoms with Crippen molar-refractivity contribution in [2.75, 3.05) is 13.2 Å². The van der Waals surface area contributed by atoms with Gasteiger partial charge in [-0.3, -0.25) is 0 Å². The van der Waals surface area contributed by atoms with Gasteiger partial charge in [-0.15, -0.1) is 0 Å². The SMILES string of the molecule is C/C(=C/CC/C(C)=C/CO[C@@H]1O[C@H](CO)[C@@H](O)[C@H](O)[C@H]1O)CC/C=C(\C)CCCC(C)(O)CCCC(C)(O)CCCC(C)(O)CCCC(C)(O)CCCC(C)(O)CCC1OC1(C)C. The molecule has 2 rings (SSSR count). The first-order valence-electron chi connectivity index (χ1n) is 24.3. The van der Waals surface area contributed by atoms with Crippen molar-refractivity contribution >= 4 is 0 Å². The predicted octanol–water partition coefficient (Wildman–Crippen LogP) is 7.77. The molecule has 0 aromatic heterocycles. The van der Waals surface area contributed by atoms with Crippen molar-refractivity contribution in [1.29, 1.82) is 0 Å². The van der Waals surface area contributed by atoms with Crippen molar-refractivity contribution in [2.45, 2.75) is 274 Å². The lowest BCUT2D eigenvalue weighted by molar-refractivity contribution is -0.298. The third-order valence-corrected chi connectivity index (χ3v) is 13.7. The molecule has 0 saturated carbocycles. The highest BCUT2D eigenvalue weighted by atomic mass is 16.7. The molecule has 9 N–H and O–H groups in total. The first-order valence-corrected chi connectivity index (χ1v) is 24.3. The Balaban J connectivity index is 1.56. The van der Waals surface area contributed by atoms with E-state index in [0.717, 1.165) is 63.4 Å². The highest BCUT2D eigenvalue weighted by Gasteiger charge is 2.48. The minimum Gasteiger partial charge on any atom is -0.394 e. The Kier molecular flexibility index (Phi) is 24.2. The van der Waals surface area contributed by atoms with Crippen LogP contribution in [0.4, 0.5) is 0 Å². The van der Waals surface area contributed by atoms with Crippen LogP contribution in [-0.2, 0) is 14.2 Å². The van der Waals surface area contributed by atoms with E-state index in [-0.39, 0.29) is 18.3 Å². The Labute approximate surface area is 381 Å². The summed E-state index contributed by atoms with van der Waals surface area (Å²) in [5.41, 5.74) is -0.452. The number of allylic oxidation sites excluding steroid dienone is 5. The van der Waals surface area contributed by atoms with E-state index in [0.29, 0.717) is 77.0 Å². The number of hydrogen-bond acceptors (Lipinski definition) is 12. The van der Waals surface area contributed by atoms with Crippen LogP contribution in [0.5, 0.6) is 0 Å². The fraction of sp³-hybridized carbons (Fsp3) is 0.882. The molecule has 2 fully saturated rings. The van der Waals surface area contributed by atoms with E-state index in [1.165, 1.54) is 11.1 Å². The summed E-state index contributed by atoms with van der Waals surface area (Å²) in [5, 5.41) is 94.3. The zero-order valence-electron chi connectivity index (χ0n) is 41.2. The van der Waals surface area contributed by atoms with Crippen molar-refractivity contribution in [3.63, 3.8) is 0 Å². The van der Waals surface area contributed by atoms with Crippen LogP contribution < -0.4 is 0 Å². The smallest absolute Gasteiger partial charge is 0.187 e. The molecule has 370 valence electrons. The molecular weight excluding hydrogens is 805 g/mol. The van der Waals surface area contributed by atoms with Gasteiger partial charge in [0.05, 0.1) is 52.9 Å². The molecule has 2 aliphatic rings. The van der Waals surface area contributed by atoms with Crippen LogP contribution in [0, 0.1) is 0 Å². The van der Waals surface area contributed by atoms with Crippen molar-refractivity contribution in [1.82, 2.24) is 0 Å². The van der Waals surface area contributed by atoms with Gasteiger partial charge in [-0.2, -0.15) is 0 Å². The van der Waals surface area contributed by atoms with E-state index >= 15 is 0 Å². The van der Waals surface area contributed by atoms with Gasteiger partial charge in [-0.25, -0.2) is 0 Å². The van der Waals surface area contributed by atoms with Crippen molar-refractivity contribution in [3.05, 3.63) is 34.9 Å². The standard InChI is InChI=1S/C51H94O12/c1-37(19-12-21-39(3)24-35-61-45-44(55)43(54)42(53)40(36-52)62-45)18-11-20-38(2)22-13-25-47(6,56)26-14-27-48(7,57)28-15-29-49(8,58)30-16-31-50(9,59)32-17-33-51(10,60)34-23-41-46(4,5)63-41/h19-20,24,40-45,52-60H,11-18,21-23,25-36H2,1-10H3/b37-19-,38-20+,39-24+/t40-,41?,42-,43+,44-,45-,47?,48?,49?,50?,51?/m1/s1. The lowest BCUT2D eigenvalue weighted by Gasteiger charge is -2.39. The Morgan fingerprint density at radius 2 is 0.905 bits per heavy atom. The third-order valence-electron chi connectivity index (χ3n) is 13.7. The lowest BCUT2D eigenvalue weighted by Crippen LogP contribution is -2.59. The molecule has 63 heavy (non-hydrogen) atoms. The Hall–Kier alpha value is -1.26. The molecule has 0 aliphatic carbocycles. The highest BCUT2D eigenvalue weighted by molar-refractivity contribution is 5.06. The van der Waals surface area contributed by atoms with E-state index in [1.54, 1.807) is 0 Å². The maximum absolute atomic E-state index is 11.1. The fourth-order valence-electron chi connectivity index (χ4n) is 8.84. The summed E-state index contributed by atoms with van der Waals surface area (Å²) >= 11 is 0. The monoisotopic (exact) mass is 899 g/mol. The zero-order valence-corrected chi connectivity index (χ0v) is 41.2. The van der Waals surface area contributed by atoms with E-state index in [1.807, 2.05) is 47.6 Å². The Bertz CT molecular complexity index is 1390. The van der Waals surface area contributed by atoms with Crippen LogP contribution >= 0.6 is 0 Å². The second kappa shape index (κ2) is 26.3. The molecule has 12 heteroatoms. The summed E-state index contributed by atoms with van der Waals surface area (Å²) in [5.74, 6) is 0. The van der Waals surface area contributed by atoms with Crippen molar-refractivity contribution in [3.8, 4) is 0 Å². The molecule has 12 nitrogen and oxygen atoms in total. The molecule has 2 aliphatic heterocycles. The third kappa shape index (κ3) is 24.4. The Morgan fingerprint density at radius 1 is 0.540 bits per heavy atom. The maximum atomic E-state index is 11.1. The van der Waals surface area contributed by atoms with Gasteiger partial charge in [0.25, 0.3) is 0 Å². The van der Waals surface area contributed by atoms with Gasteiger partial charge in [-0.1, -0.05) is 34.9 Å². The number of ether oxygens (including phenoxy) is 3. The number of hydrogen-bond donors (Lipinski definition) is 9. The van der Waals surface area contributed by atoms with Crippen molar-refractivity contribution in [2.24, 2.45) is 0 Å². The molecule has 6 unspecified atom stereocenters. The zero-order chi connectivity index (χ0) is 47.7.